The molecule has 0 saturated carbocycles. The molecule has 5 nitrogen and oxygen atoms in total. The Morgan fingerprint density at radius 2 is 1.96 bits per heavy atom. The van der Waals surface area contributed by atoms with Crippen LogP contribution in [-0.4, -0.2) is 39.3 Å². The predicted molar refractivity (Wildman–Crippen MR) is 97.8 cm³/mol. The summed E-state index contributed by atoms with van der Waals surface area (Å²) in [6, 6.07) is 15.8. The highest BCUT2D eigenvalue weighted by Gasteiger charge is 2.13. The Balaban J connectivity index is 1.64. The number of methoxy groups -OCH3 is 1. The summed E-state index contributed by atoms with van der Waals surface area (Å²) >= 11 is 0. The monoisotopic (exact) mass is 340 g/mol. The summed E-state index contributed by atoms with van der Waals surface area (Å²) in [7, 11) is 1.63. The number of hydrogen-bond acceptors (Lipinski definition) is 4. The first-order chi connectivity index (χ1) is 12.3. The lowest BCUT2D eigenvalue weighted by Crippen LogP contribution is -2.36. The Hall–Kier alpha value is -2.37. The van der Waals surface area contributed by atoms with E-state index in [1.54, 1.807) is 7.11 Å². The maximum absolute atomic E-state index is 12.5. The number of anilines is 1. The SMILES string of the molecule is COCc1ccccc1C(=O)NCc1cccc(N2CCOCC2)c1. The lowest BCUT2D eigenvalue weighted by atomic mass is 10.1. The van der Waals surface area contributed by atoms with Crippen LogP contribution in [0.15, 0.2) is 48.5 Å². The standard InChI is InChI=1S/C20H24N2O3/c1-24-15-17-6-2-3-8-19(17)20(23)21-14-16-5-4-7-18(13-16)22-9-11-25-12-10-22/h2-8,13H,9-12,14-15H2,1H3,(H,21,23). The van der Waals surface area contributed by atoms with Gasteiger partial charge in [0.2, 0.25) is 0 Å². The van der Waals surface area contributed by atoms with E-state index in [2.05, 4.69) is 22.3 Å². The Bertz CT molecular complexity index is 712. The van der Waals surface area contributed by atoms with E-state index in [0.717, 1.165) is 37.4 Å². The molecule has 132 valence electrons. The first kappa shape index (κ1) is 17.5. The summed E-state index contributed by atoms with van der Waals surface area (Å²) in [6.45, 7) is 4.25. The van der Waals surface area contributed by atoms with Gasteiger partial charge >= 0.3 is 0 Å². The Labute approximate surface area is 148 Å². The fraction of sp³-hybridized carbons (Fsp3) is 0.350. The third-order valence-corrected chi connectivity index (χ3v) is 4.30. The van der Waals surface area contributed by atoms with Crippen LogP contribution in [0.3, 0.4) is 0 Å². The topological polar surface area (TPSA) is 50.8 Å². The summed E-state index contributed by atoms with van der Waals surface area (Å²) in [4.78, 5) is 14.8. The lowest BCUT2D eigenvalue weighted by molar-refractivity contribution is 0.0946. The van der Waals surface area contributed by atoms with Crippen LogP contribution >= 0.6 is 0 Å². The van der Waals surface area contributed by atoms with Crippen molar-refractivity contribution in [2.24, 2.45) is 0 Å². The Morgan fingerprint density at radius 3 is 2.76 bits per heavy atom. The van der Waals surface area contributed by atoms with E-state index in [9.17, 15) is 4.79 Å². The molecule has 2 aromatic rings. The number of ether oxygens (including phenoxy) is 2. The van der Waals surface area contributed by atoms with Gasteiger partial charge in [0.1, 0.15) is 0 Å². The van der Waals surface area contributed by atoms with Gasteiger partial charge in [0.05, 0.1) is 19.8 Å². The van der Waals surface area contributed by atoms with Gasteiger partial charge in [-0.05, 0) is 29.3 Å². The smallest absolute Gasteiger partial charge is 0.251 e. The van der Waals surface area contributed by atoms with Gasteiger partial charge in [0, 0.05) is 38.0 Å². The molecule has 25 heavy (non-hydrogen) atoms. The third-order valence-electron chi connectivity index (χ3n) is 4.30. The normalized spacial score (nSPS) is 14.4. The Morgan fingerprint density at radius 1 is 1.16 bits per heavy atom. The van der Waals surface area contributed by atoms with Crippen molar-refractivity contribution in [2.75, 3.05) is 38.3 Å². The molecule has 1 aliphatic rings. The van der Waals surface area contributed by atoms with Crippen LogP contribution in [0.2, 0.25) is 0 Å². The molecular formula is C20H24N2O3. The van der Waals surface area contributed by atoms with Crippen molar-refractivity contribution in [2.45, 2.75) is 13.2 Å². The van der Waals surface area contributed by atoms with Gasteiger partial charge in [-0.25, -0.2) is 0 Å². The van der Waals surface area contributed by atoms with Gasteiger partial charge in [-0.2, -0.15) is 0 Å². The fourth-order valence-electron chi connectivity index (χ4n) is 2.99. The molecule has 0 unspecified atom stereocenters. The summed E-state index contributed by atoms with van der Waals surface area (Å²) in [5, 5.41) is 3.01. The molecule has 1 amide bonds. The fourth-order valence-corrected chi connectivity index (χ4v) is 2.99. The molecule has 1 fully saturated rings. The molecule has 2 aromatic carbocycles. The Kier molecular flexibility index (Phi) is 6.04. The average molecular weight is 340 g/mol. The van der Waals surface area contributed by atoms with Gasteiger partial charge < -0.3 is 19.7 Å². The zero-order valence-corrected chi connectivity index (χ0v) is 14.5. The number of rotatable bonds is 6. The molecule has 1 heterocycles. The summed E-state index contributed by atoms with van der Waals surface area (Å²) in [6.07, 6.45) is 0. The van der Waals surface area contributed by atoms with Crippen molar-refractivity contribution < 1.29 is 14.3 Å². The second kappa shape index (κ2) is 8.65. The first-order valence-corrected chi connectivity index (χ1v) is 8.54. The molecule has 0 spiro atoms. The molecule has 0 bridgehead atoms. The van der Waals surface area contributed by atoms with Gasteiger partial charge in [-0.1, -0.05) is 30.3 Å². The van der Waals surface area contributed by atoms with Crippen molar-refractivity contribution in [1.82, 2.24) is 5.32 Å². The number of carbonyl (C=O) groups is 1. The zero-order valence-electron chi connectivity index (χ0n) is 14.5. The van der Waals surface area contributed by atoms with Crippen LogP contribution in [0.5, 0.6) is 0 Å². The van der Waals surface area contributed by atoms with Crippen LogP contribution in [0, 0.1) is 0 Å². The van der Waals surface area contributed by atoms with E-state index in [1.165, 1.54) is 5.69 Å². The van der Waals surface area contributed by atoms with E-state index in [4.69, 9.17) is 9.47 Å². The molecule has 3 rings (SSSR count). The minimum atomic E-state index is -0.0792. The van der Waals surface area contributed by atoms with E-state index in [-0.39, 0.29) is 5.91 Å². The van der Waals surface area contributed by atoms with E-state index in [0.29, 0.717) is 18.7 Å². The zero-order chi connectivity index (χ0) is 17.5. The van der Waals surface area contributed by atoms with Crippen LogP contribution in [0.1, 0.15) is 21.5 Å². The maximum Gasteiger partial charge on any atom is 0.251 e. The quantitative estimate of drug-likeness (QED) is 0.878. The molecule has 0 aromatic heterocycles. The minimum Gasteiger partial charge on any atom is -0.380 e. The second-order valence-corrected chi connectivity index (χ2v) is 6.04. The average Bonchev–Trinajstić information content (AvgIpc) is 2.68. The summed E-state index contributed by atoms with van der Waals surface area (Å²) in [5.74, 6) is -0.0792. The second-order valence-electron chi connectivity index (χ2n) is 6.04. The van der Waals surface area contributed by atoms with Crippen molar-refractivity contribution in [3.05, 3.63) is 65.2 Å². The third kappa shape index (κ3) is 4.59. The molecule has 0 atom stereocenters. The van der Waals surface area contributed by atoms with Crippen LogP contribution < -0.4 is 10.2 Å². The molecule has 1 aliphatic heterocycles. The summed E-state index contributed by atoms with van der Waals surface area (Å²) in [5.41, 5.74) is 3.81. The van der Waals surface area contributed by atoms with Gasteiger partial charge in [-0.3, -0.25) is 4.79 Å². The van der Waals surface area contributed by atoms with Crippen molar-refractivity contribution in [3.8, 4) is 0 Å². The van der Waals surface area contributed by atoms with Crippen LogP contribution in [-0.2, 0) is 22.6 Å². The van der Waals surface area contributed by atoms with Crippen LogP contribution in [0.25, 0.3) is 0 Å². The number of carbonyl (C=O) groups excluding carboxylic acids is 1. The number of hydrogen-bond donors (Lipinski definition) is 1. The minimum absolute atomic E-state index is 0.0792. The van der Waals surface area contributed by atoms with E-state index in [1.807, 2.05) is 36.4 Å². The molecule has 0 aliphatic carbocycles. The number of morpholine rings is 1. The summed E-state index contributed by atoms with van der Waals surface area (Å²) < 4.78 is 10.6. The van der Waals surface area contributed by atoms with Crippen molar-refractivity contribution in [3.63, 3.8) is 0 Å². The highest BCUT2D eigenvalue weighted by atomic mass is 16.5. The number of amides is 1. The van der Waals surface area contributed by atoms with E-state index >= 15 is 0 Å². The van der Waals surface area contributed by atoms with Crippen LogP contribution in [0.4, 0.5) is 5.69 Å². The van der Waals surface area contributed by atoms with E-state index < -0.39 is 0 Å². The van der Waals surface area contributed by atoms with Gasteiger partial charge in [-0.15, -0.1) is 0 Å². The van der Waals surface area contributed by atoms with Crippen molar-refractivity contribution in [1.29, 1.82) is 0 Å². The molecule has 0 radical (unpaired) electrons. The molecular weight excluding hydrogens is 316 g/mol. The lowest BCUT2D eigenvalue weighted by Gasteiger charge is -2.29. The number of nitrogens with zero attached hydrogens (tertiary/aromatic N) is 1. The molecule has 1 N–H and O–H groups in total. The van der Waals surface area contributed by atoms with Gasteiger partial charge in [0.25, 0.3) is 5.91 Å². The highest BCUT2D eigenvalue weighted by molar-refractivity contribution is 5.95. The largest absolute Gasteiger partial charge is 0.380 e. The molecule has 1 saturated heterocycles. The molecule has 5 heteroatoms. The number of nitrogens with one attached hydrogen (secondary N) is 1. The van der Waals surface area contributed by atoms with Gasteiger partial charge in [0.15, 0.2) is 0 Å². The first-order valence-electron chi connectivity index (χ1n) is 8.54. The number of benzene rings is 2. The maximum atomic E-state index is 12.5. The van der Waals surface area contributed by atoms with Crippen molar-refractivity contribution >= 4 is 11.6 Å². The predicted octanol–water partition coefficient (Wildman–Crippen LogP) is 2.60. The highest BCUT2D eigenvalue weighted by Crippen LogP contribution is 2.18.